The fourth-order valence-electron chi connectivity index (χ4n) is 1.85. The summed E-state index contributed by atoms with van der Waals surface area (Å²) in [5.41, 5.74) is 0. The summed E-state index contributed by atoms with van der Waals surface area (Å²) in [6.45, 7) is 2.47. The van der Waals surface area contributed by atoms with E-state index in [0.717, 1.165) is 32.1 Å². The molecule has 0 aromatic rings. The Balaban J connectivity index is 3.57. The molecular formula is C21H32O4. The summed E-state index contributed by atoms with van der Waals surface area (Å²) < 4.78 is 9.73. The maximum absolute atomic E-state index is 10.6. The lowest BCUT2D eigenvalue weighted by molar-refractivity contribution is -0.182. The van der Waals surface area contributed by atoms with Crippen LogP contribution in [0.4, 0.5) is 0 Å². The predicted octanol–water partition coefficient (Wildman–Crippen LogP) is 5.20. The number of methoxy groups -OCH3 is 1. The monoisotopic (exact) mass is 348 g/mol. The van der Waals surface area contributed by atoms with Crippen molar-refractivity contribution in [3.05, 3.63) is 60.8 Å². The quantitative estimate of drug-likeness (QED) is 0.251. The molecule has 0 aromatic carbocycles. The number of rotatable bonds is 15. The van der Waals surface area contributed by atoms with Gasteiger partial charge in [0.25, 0.3) is 6.29 Å². The molecule has 4 heteroatoms. The smallest absolute Gasteiger partial charge is 0.361 e. The van der Waals surface area contributed by atoms with E-state index in [9.17, 15) is 4.79 Å². The molecule has 0 saturated carbocycles. The second-order valence-corrected chi connectivity index (χ2v) is 5.27. The Kier molecular flexibility index (Phi) is 17.0. The van der Waals surface area contributed by atoms with E-state index < -0.39 is 12.3 Å². The van der Waals surface area contributed by atoms with Crippen molar-refractivity contribution in [2.24, 2.45) is 0 Å². The fraction of sp³-hybridized carbons (Fsp3) is 0.476. The molecule has 0 fully saturated rings. The standard InChI is InChI=1S/C21H32O4/c1-3-4-5-6-7-8-9-10-11-12-13-14-15-16-17-18-19-25-21(24-2)20(22)23/h4-5,7-8,10-11,13-14,16-17,21H,3,6,9,12,15,18-19H2,1-2H3,(H,22,23). The van der Waals surface area contributed by atoms with Crippen LogP contribution in [0.3, 0.4) is 0 Å². The summed E-state index contributed by atoms with van der Waals surface area (Å²) in [6.07, 6.45) is 25.7. The molecule has 1 atom stereocenters. The molecule has 0 aliphatic heterocycles. The second-order valence-electron chi connectivity index (χ2n) is 5.27. The first-order chi connectivity index (χ1) is 12.2. The highest BCUT2D eigenvalue weighted by atomic mass is 16.7. The van der Waals surface area contributed by atoms with Gasteiger partial charge in [-0.25, -0.2) is 4.79 Å². The van der Waals surface area contributed by atoms with Crippen molar-refractivity contribution in [1.29, 1.82) is 0 Å². The van der Waals surface area contributed by atoms with Crippen LogP contribution in [0.2, 0.25) is 0 Å². The second kappa shape index (κ2) is 18.4. The lowest BCUT2D eigenvalue weighted by atomic mass is 10.2. The summed E-state index contributed by atoms with van der Waals surface area (Å²) in [5, 5.41) is 8.72. The fourth-order valence-corrected chi connectivity index (χ4v) is 1.85. The van der Waals surface area contributed by atoms with Crippen LogP contribution >= 0.6 is 0 Å². The van der Waals surface area contributed by atoms with Crippen LogP contribution in [-0.2, 0) is 14.3 Å². The highest BCUT2D eigenvalue weighted by Crippen LogP contribution is 1.98. The van der Waals surface area contributed by atoms with Gasteiger partial charge < -0.3 is 14.6 Å². The summed E-state index contributed by atoms with van der Waals surface area (Å²) in [5.74, 6) is -1.11. The number of ether oxygens (including phenoxy) is 2. The first kappa shape index (κ1) is 23.1. The van der Waals surface area contributed by atoms with Gasteiger partial charge in [0.05, 0.1) is 6.61 Å². The Morgan fingerprint density at radius 1 is 0.840 bits per heavy atom. The number of aliphatic carboxylic acids is 1. The minimum Gasteiger partial charge on any atom is -0.477 e. The average molecular weight is 348 g/mol. The largest absolute Gasteiger partial charge is 0.477 e. The van der Waals surface area contributed by atoms with Crippen molar-refractivity contribution in [3.63, 3.8) is 0 Å². The Bertz CT molecular complexity index is 459. The third kappa shape index (κ3) is 16.7. The zero-order valence-electron chi connectivity index (χ0n) is 15.5. The van der Waals surface area contributed by atoms with Crippen molar-refractivity contribution in [1.82, 2.24) is 0 Å². The van der Waals surface area contributed by atoms with Crippen LogP contribution in [0.15, 0.2) is 60.8 Å². The molecule has 0 aromatic heterocycles. The Morgan fingerprint density at radius 3 is 1.68 bits per heavy atom. The summed E-state index contributed by atoms with van der Waals surface area (Å²) in [7, 11) is 1.31. The highest BCUT2D eigenvalue weighted by molar-refractivity contribution is 5.70. The molecule has 0 amide bonds. The van der Waals surface area contributed by atoms with Gasteiger partial charge in [0.1, 0.15) is 0 Å². The van der Waals surface area contributed by atoms with Gasteiger partial charge in [0.2, 0.25) is 0 Å². The number of carboxylic acid groups (broad SMARTS) is 1. The number of hydrogen-bond acceptors (Lipinski definition) is 3. The minimum absolute atomic E-state index is 0.329. The first-order valence-electron chi connectivity index (χ1n) is 8.84. The van der Waals surface area contributed by atoms with E-state index in [-0.39, 0.29) is 0 Å². The minimum atomic E-state index is -1.18. The third-order valence-electron chi connectivity index (χ3n) is 3.13. The van der Waals surface area contributed by atoms with Gasteiger partial charge in [-0.3, -0.25) is 0 Å². The first-order valence-corrected chi connectivity index (χ1v) is 8.84. The van der Waals surface area contributed by atoms with E-state index in [4.69, 9.17) is 9.84 Å². The van der Waals surface area contributed by atoms with E-state index >= 15 is 0 Å². The molecule has 0 bridgehead atoms. The van der Waals surface area contributed by atoms with Gasteiger partial charge in [0.15, 0.2) is 0 Å². The van der Waals surface area contributed by atoms with Crippen molar-refractivity contribution in [2.45, 2.75) is 51.7 Å². The molecule has 0 spiro atoms. The number of hydrogen-bond donors (Lipinski definition) is 1. The van der Waals surface area contributed by atoms with Gasteiger partial charge in [-0.15, -0.1) is 0 Å². The van der Waals surface area contributed by atoms with Crippen LogP contribution in [0.1, 0.15) is 45.4 Å². The molecule has 0 aliphatic rings. The van der Waals surface area contributed by atoms with Gasteiger partial charge in [0, 0.05) is 7.11 Å². The molecule has 4 nitrogen and oxygen atoms in total. The van der Waals surface area contributed by atoms with Crippen LogP contribution in [0.25, 0.3) is 0 Å². The molecule has 25 heavy (non-hydrogen) atoms. The van der Waals surface area contributed by atoms with Crippen molar-refractivity contribution in [2.75, 3.05) is 13.7 Å². The third-order valence-corrected chi connectivity index (χ3v) is 3.13. The van der Waals surface area contributed by atoms with Gasteiger partial charge >= 0.3 is 5.97 Å². The zero-order valence-corrected chi connectivity index (χ0v) is 15.5. The maximum Gasteiger partial charge on any atom is 0.361 e. The molecule has 0 heterocycles. The van der Waals surface area contributed by atoms with E-state index in [1.165, 1.54) is 7.11 Å². The van der Waals surface area contributed by atoms with Crippen molar-refractivity contribution >= 4 is 5.97 Å². The van der Waals surface area contributed by atoms with Crippen LogP contribution in [0.5, 0.6) is 0 Å². The van der Waals surface area contributed by atoms with Crippen LogP contribution in [0, 0.1) is 0 Å². The van der Waals surface area contributed by atoms with Crippen molar-refractivity contribution < 1.29 is 19.4 Å². The molecule has 140 valence electrons. The average Bonchev–Trinajstić information content (AvgIpc) is 2.60. The van der Waals surface area contributed by atoms with E-state index in [1.54, 1.807) is 0 Å². The number of carbonyl (C=O) groups is 1. The lowest BCUT2D eigenvalue weighted by Gasteiger charge is -2.09. The van der Waals surface area contributed by atoms with E-state index in [1.807, 2.05) is 12.2 Å². The molecule has 0 aliphatic carbocycles. The summed E-state index contributed by atoms with van der Waals surface area (Å²) in [4.78, 5) is 10.6. The van der Waals surface area contributed by atoms with Crippen LogP contribution < -0.4 is 0 Å². The summed E-state index contributed by atoms with van der Waals surface area (Å²) in [6, 6.07) is 0. The van der Waals surface area contributed by atoms with Gasteiger partial charge in [-0.05, 0) is 38.5 Å². The number of allylic oxidation sites excluding steroid dienone is 9. The van der Waals surface area contributed by atoms with E-state index in [0.29, 0.717) is 13.0 Å². The molecule has 0 rings (SSSR count). The Morgan fingerprint density at radius 2 is 1.28 bits per heavy atom. The number of carboxylic acids is 1. The van der Waals surface area contributed by atoms with Gasteiger partial charge in [-0.2, -0.15) is 0 Å². The molecule has 0 radical (unpaired) electrons. The van der Waals surface area contributed by atoms with E-state index in [2.05, 4.69) is 60.3 Å². The Labute approximate surface area is 152 Å². The Hall–Kier alpha value is -1.91. The van der Waals surface area contributed by atoms with Crippen LogP contribution in [-0.4, -0.2) is 31.1 Å². The van der Waals surface area contributed by atoms with Gasteiger partial charge in [-0.1, -0.05) is 67.7 Å². The highest BCUT2D eigenvalue weighted by Gasteiger charge is 2.15. The maximum atomic E-state index is 10.6. The van der Waals surface area contributed by atoms with Crippen molar-refractivity contribution in [3.8, 4) is 0 Å². The lowest BCUT2D eigenvalue weighted by Crippen LogP contribution is -2.25. The SMILES string of the molecule is CCC=CCC=CCC=CCC=CCC=CCCOC(OC)C(=O)O. The topological polar surface area (TPSA) is 55.8 Å². The molecule has 0 saturated heterocycles. The molecule has 1 unspecified atom stereocenters. The molecule has 1 N–H and O–H groups in total. The summed E-state index contributed by atoms with van der Waals surface area (Å²) >= 11 is 0. The normalized spacial score (nSPS) is 14.0. The zero-order chi connectivity index (χ0) is 18.6. The molecular weight excluding hydrogens is 316 g/mol. The predicted molar refractivity (Wildman–Crippen MR) is 103 cm³/mol.